The zero-order chi connectivity index (χ0) is 12.8. The molecule has 0 spiro atoms. The average Bonchev–Trinajstić information content (AvgIpc) is 2.28. The van der Waals surface area contributed by atoms with E-state index in [0.29, 0.717) is 18.7 Å². The molecule has 0 heterocycles. The predicted molar refractivity (Wildman–Crippen MR) is 59.6 cm³/mol. The molecule has 0 fully saturated rings. The van der Waals surface area contributed by atoms with Crippen molar-refractivity contribution >= 4 is 5.69 Å². The standard InChI is InChI=1S/C11H12FN3O2/c1-2-14(6-5-13)8-9-3-4-11(15(16)17)10(12)7-9/h3-4,7H,2,6,8H2,1H3. The van der Waals surface area contributed by atoms with Gasteiger partial charge in [0.1, 0.15) is 0 Å². The van der Waals surface area contributed by atoms with Crippen molar-refractivity contribution < 1.29 is 9.31 Å². The van der Waals surface area contributed by atoms with Crippen molar-refractivity contribution in [3.05, 3.63) is 39.7 Å². The Morgan fingerprint density at radius 3 is 2.76 bits per heavy atom. The number of nitro groups is 1. The topological polar surface area (TPSA) is 70.2 Å². The van der Waals surface area contributed by atoms with Gasteiger partial charge in [-0.2, -0.15) is 9.65 Å². The Labute approximate surface area is 98.2 Å². The normalized spacial score (nSPS) is 10.2. The van der Waals surface area contributed by atoms with Gasteiger partial charge in [-0.15, -0.1) is 0 Å². The van der Waals surface area contributed by atoms with Crippen LogP contribution in [0, 0.1) is 27.3 Å². The summed E-state index contributed by atoms with van der Waals surface area (Å²) in [6.07, 6.45) is 0. The van der Waals surface area contributed by atoms with E-state index in [-0.39, 0.29) is 6.54 Å². The van der Waals surface area contributed by atoms with Gasteiger partial charge in [-0.05, 0) is 18.2 Å². The Balaban J connectivity index is 2.84. The fourth-order valence-electron chi connectivity index (χ4n) is 1.43. The minimum atomic E-state index is -0.847. The Kier molecular flexibility index (Phi) is 4.55. The minimum Gasteiger partial charge on any atom is -0.287 e. The van der Waals surface area contributed by atoms with E-state index in [1.54, 1.807) is 4.90 Å². The predicted octanol–water partition coefficient (Wildman–Crippen LogP) is 2.08. The molecule has 0 amide bonds. The molecule has 5 nitrogen and oxygen atoms in total. The zero-order valence-electron chi connectivity index (χ0n) is 9.39. The monoisotopic (exact) mass is 237 g/mol. The van der Waals surface area contributed by atoms with Crippen molar-refractivity contribution in [1.82, 2.24) is 4.90 Å². The summed E-state index contributed by atoms with van der Waals surface area (Å²) in [5.74, 6) is -0.847. The maximum absolute atomic E-state index is 13.3. The van der Waals surface area contributed by atoms with Crippen molar-refractivity contribution in [1.29, 1.82) is 5.26 Å². The number of halogens is 1. The van der Waals surface area contributed by atoms with Crippen molar-refractivity contribution in [3.8, 4) is 6.07 Å². The molecule has 0 bridgehead atoms. The third-order valence-electron chi connectivity index (χ3n) is 2.36. The number of benzene rings is 1. The van der Waals surface area contributed by atoms with Gasteiger partial charge < -0.3 is 0 Å². The highest BCUT2D eigenvalue weighted by molar-refractivity contribution is 5.34. The molecule has 0 atom stereocenters. The summed E-state index contributed by atoms with van der Waals surface area (Å²) in [5.41, 5.74) is 0.0854. The van der Waals surface area contributed by atoms with E-state index in [9.17, 15) is 14.5 Å². The van der Waals surface area contributed by atoms with Gasteiger partial charge in [0, 0.05) is 12.6 Å². The molecule has 0 saturated carbocycles. The summed E-state index contributed by atoms with van der Waals surface area (Å²) < 4.78 is 13.3. The van der Waals surface area contributed by atoms with Crippen LogP contribution in [0.3, 0.4) is 0 Å². The Morgan fingerprint density at radius 1 is 1.59 bits per heavy atom. The maximum Gasteiger partial charge on any atom is 0.304 e. The van der Waals surface area contributed by atoms with Crippen LogP contribution < -0.4 is 0 Å². The molecule has 0 N–H and O–H groups in total. The molecule has 0 aliphatic carbocycles. The molecule has 0 aromatic heterocycles. The molecule has 1 aromatic carbocycles. The van der Waals surface area contributed by atoms with Crippen LogP contribution in [0.4, 0.5) is 10.1 Å². The molecule has 0 aliphatic rings. The van der Waals surface area contributed by atoms with E-state index < -0.39 is 16.4 Å². The molecular formula is C11H12FN3O2. The van der Waals surface area contributed by atoms with Crippen LogP contribution in [0.5, 0.6) is 0 Å². The highest BCUT2D eigenvalue weighted by Gasteiger charge is 2.14. The second-order valence-electron chi connectivity index (χ2n) is 3.50. The van der Waals surface area contributed by atoms with E-state index in [1.807, 2.05) is 13.0 Å². The summed E-state index contributed by atoms with van der Waals surface area (Å²) in [6.45, 7) is 3.19. The molecule has 0 aliphatic heterocycles. The highest BCUT2D eigenvalue weighted by atomic mass is 19.1. The summed E-state index contributed by atoms with van der Waals surface area (Å²) in [4.78, 5) is 11.5. The SMILES string of the molecule is CCN(CC#N)Cc1ccc([N+](=O)[O-])c(F)c1. The first-order valence-corrected chi connectivity index (χ1v) is 5.10. The molecule has 0 saturated heterocycles. The molecule has 90 valence electrons. The maximum atomic E-state index is 13.3. The van der Waals surface area contributed by atoms with E-state index >= 15 is 0 Å². The summed E-state index contributed by atoms with van der Waals surface area (Å²) in [6, 6.07) is 5.79. The fourth-order valence-corrected chi connectivity index (χ4v) is 1.43. The lowest BCUT2D eigenvalue weighted by Gasteiger charge is -2.16. The van der Waals surface area contributed by atoms with E-state index in [0.717, 1.165) is 12.1 Å². The van der Waals surface area contributed by atoms with Crippen LogP contribution in [0.15, 0.2) is 18.2 Å². The number of nitro benzene ring substituents is 1. The fraction of sp³-hybridized carbons (Fsp3) is 0.364. The first kappa shape index (κ1) is 13.1. The molecule has 0 unspecified atom stereocenters. The smallest absolute Gasteiger partial charge is 0.287 e. The number of nitrogens with zero attached hydrogens (tertiary/aromatic N) is 3. The minimum absolute atomic E-state index is 0.245. The molecule has 6 heteroatoms. The van der Waals surface area contributed by atoms with Crippen molar-refractivity contribution in [3.63, 3.8) is 0 Å². The number of rotatable bonds is 5. The van der Waals surface area contributed by atoms with Crippen molar-refractivity contribution in [2.75, 3.05) is 13.1 Å². The number of hydrogen-bond donors (Lipinski definition) is 0. The molecule has 1 aromatic rings. The van der Waals surface area contributed by atoms with Gasteiger partial charge in [0.25, 0.3) is 0 Å². The molecule has 17 heavy (non-hydrogen) atoms. The summed E-state index contributed by atoms with van der Waals surface area (Å²) in [7, 11) is 0. The second kappa shape index (κ2) is 5.92. The van der Waals surface area contributed by atoms with Crippen LogP contribution in [0.1, 0.15) is 12.5 Å². The zero-order valence-corrected chi connectivity index (χ0v) is 9.39. The van der Waals surface area contributed by atoms with Gasteiger partial charge in [0.2, 0.25) is 5.82 Å². The summed E-state index contributed by atoms with van der Waals surface area (Å²) in [5, 5.41) is 19.0. The largest absolute Gasteiger partial charge is 0.304 e. The lowest BCUT2D eigenvalue weighted by molar-refractivity contribution is -0.387. The second-order valence-corrected chi connectivity index (χ2v) is 3.50. The van der Waals surface area contributed by atoms with Gasteiger partial charge in [-0.25, -0.2) is 0 Å². The van der Waals surface area contributed by atoms with E-state index in [2.05, 4.69) is 0 Å². The van der Waals surface area contributed by atoms with Crippen molar-refractivity contribution in [2.45, 2.75) is 13.5 Å². The third kappa shape index (κ3) is 3.50. The van der Waals surface area contributed by atoms with Crippen LogP contribution in [-0.4, -0.2) is 22.9 Å². The van der Waals surface area contributed by atoms with Crippen LogP contribution >= 0.6 is 0 Å². The Hall–Kier alpha value is -2.00. The first-order chi connectivity index (χ1) is 8.08. The van der Waals surface area contributed by atoms with Crippen molar-refractivity contribution in [2.24, 2.45) is 0 Å². The van der Waals surface area contributed by atoms with Gasteiger partial charge in [-0.1, -0.05) is 13.0 Å². The Morgan fingerprint density at radius 2 is 2.29 bits per heavy atom. The average molecular weight is 237 g/mol. The van der Waals surface area contributed by atoms with Gasteiger partial charge in [0.05, 0.1) is 17.5 Å². The molecule has 0 radical (unpaired) electrons. The summed E-state index contributed by atoms with van der Waals surface area (Å²) >= 11 is 0. The van der Waals surface area contributed by atoms with Crippen LogP contribution in [0.2, 0.25) is 0 Å². The molecule has 1 rings (SSSR count). The lowest BCUT2D eigenvalue weighted by Crippen LogP contribution is -2.23. The Bertz CT molecular complexity index is 457. The quantitative estimate of drug-likeness (QED) is 0.446. The first-order valence-electron chi connectivity index (χ1n) is 5.10. The number of nitriles is 1. The third-order valence-corrected chi connectivity index (χ3v) is 2.36. The van der Waals surface area contributed by atoms with Gasteiger partial charge >= 0.3 is 5.69 Å². The lowest BCUT2D eigenvalue weighted by atomic mass is 10.2. The van der Waals surface area contributed by atoms with Crippen LogP contribution in [-0.2, 0) is 6.54 Å². The highest BCUT2D eigenvalue weighted by Crippen LogP contribution is 2.18. The van der Waals surface area contributed by atoms with Gasteiger partial charge in [-0.3, -0.25) is 15.0 Å². The number of hydrogen-bond acceptors (Lipinski definition) is 4. The molecular weight excluding hydrogens is 225 g/mol. The van der Waals surface area contributed by atoms with E-state index in [1.165, 1.54) is 6.07 Å². The van der Waals surface area contributed by atoms with E-state index in [4.69, 9.17) is 5.26 Å². The van der Waals surface area contributed by atoms with Gasteiger partial charge in [0.15, 0.2) is 0 Å². The van der Waals surface area contributed by atoms with Crippen LogP contribution in [0.25, 0.3) is 0 Å².